The van der Waals surface area contributed by atoms with E-state index < -0.39 is 5.41 Å². The maximum absolute atomic E-state index is 13.0. The van der Waals surface area contributed by atoms with Gasteiger partial charge in [0.2, 0.25) is 11.8 Å². The van der Waals surface area contributed by atoms with Crippen LogP contribution in [0.4, 0.5) is 21.5 Å². The molecule has 2 amide bonds. The highest BCUT2D eigenvalue weighted by molar-refractivity contribution is 6.16. The molecule has 2 aromatic rings. The molecule has 0 spiro atoms. The Balaban J connectivity index is 1.37. The highest BCUT2D eigenvalue weighted by atomic mass is 19.1. The molecule has 4 rings (SSSR count). The van der Waals surface area contributed by atoms with Gasteiger partial charge >= 0.3 is 0 Å². The van der Waals surface area contributed by atoms with E-state index in [0.717, 1.165) is 24.7 Å². The first-order valence-corrected chi connectivity index (χ1v) is 10.2. The second kappa shape index (κ2) is 7.85. The summed E-state index contributed by atoms with van der Waals surface area (Å²) in [6, 6.07) is 13.3. The van der Waals surface area contributed by atoms with Crippen LogP contribution in [0.5, 0.6) is 0 Å². The first-order chi connectivity index (χ1) is 14.0. The Morgan fingerprint density at radius 3 is 1.86 bits per heavy atom. The number of amides is 2. The number of nitrogens with zero attached hydrogens (tertiary/aromatic N) is 1. The van der Waals surface area contributed by atoms with Crippen molar-refractivity contribution in [1.29, 1.82) is 0 Å². The maximum Gasteiger partial charge on any atom is 0.240 e. The van der Waals surface area contributed by atoms with E-state index in [4.69, 9.17) is 0 Å². The first kappa shape index (κ1) is 19.4. The topological polar surface area (TPSA) is 61.4 Å². The first-order valence-electron chi connectivity index (χ1n) is 10.2. The van der Waals surface area contributed by atoms with E-state index in [-0.39, 0.29) is 17.6 Å². The lowest BCUT2D eigenvalue weighted by Crippen LogP contribution is -2.35. The van der Waals surface area contributed by atoms with Crippen molar-refractivity contribution in [2.24, 2.45) is 11.3 Å². The Bertz CT molecular complexity index is 883. The van der Waals surface area contributed by atoms with Crippen molar-refractivity contribution in [3.05, 3.63) is 54.3 Å². The van der Waals surface area contributed by atoms with E-state index in [9.17, 15) is 14.0 Å². The molecule has 1 saturated heterocycles. The van der Waals surface area contributed by atoms with Crippen LogP contribution < -0.4 is 15.5 Å². The van der Waals surface area contributed by atoms with Gasteiger partial charge in [-0.3, -0.25) is 9.59 Å². The molecule has 2 N–H and O–H groups in total. The summed E-state index contributed by atoms with van der Waals surface area (Å²) >= 11 is 0. The zero-order chi connectivity index (χ0) is 20.4. The fourth-order valence-electron chi connectivity index (χ4n) is 3.74. The lowest BCUT2D eigenvalue weighted by atomic mass is 9.99. The number of anilines is 3. The monoisotopic (exact) mass is 395 g/mol. The minimum absolute atomic E-state index is 0.295. The van der Waals surface area contributed by atoms with Crippen LogP contribution in [0.15, 0.2) is 48.5 Å². The van der Waals surface area contributed by atoms with Gasteiger partial charge in [0.1, 0.15) is 11.2 Å². The molecule has 0 unspecified atom stereocenters. The van der Waals surface area contributed by atoms with Gasteiger partial charge in [-0.1, -0.05) is 6.92 Å². The summed E-state index contributed by atoms with van der Waals surface area (Å²) in [6.07, 6.45) is 3.42. The van der Waals surface area contributed by atoms with Crippen molar-refractivity contribution in [3.63, 3.8) is 0 Å². The molecule has 0 aromatic heterocycles. The molecule has 1 saturated carbocycles. The summed E-state index contributed by atoms with van der Waals surface area (Å²) in [6.45, 7) is 4.40. The largest absolute Gasteiger partial charge is 0.372 e. The van der Waals surface area contributed by atoms with Gasteiger partial charge in [0.25, 0.3) is 0 Å². The molecule has 1 heterocycles. The number of hydrogen-bond donors (Lipinski definition) is 2. The maximum atomic E-state index is 13.0. The van der Waals surface area contributed by atoms with Crippen molar-refractivity contribution in [2.75, 3.05) is 28.6 Å². The van der Waals surface area contributed by atoms with E-state index in [1.165, 1.54) is 37.1 Å². The van der Waals surface area contributed by atoms with E-state index in [0.29, 0.717) is 24.2 Å². The Hall–Kier alpha value is -2.89. The number of rotatable bonds is 5. The summed E-state index contributed by atoms with van der Waals surface area (Å²) < 4.78 is 13.0. The van der Waals surface area contributed by atoms with Gasteiger partial charge in [-0.2, -0.15) is 0 Å². The highest BCUT2D eigenvalue weighted by Gasteiger charge is 2.56. The van der Waals surface area contributed by atoms with Gasteiger partial charge in [-0.15, -0.1) is 0 Å². The van der Waals surface area contributed by atoms with Crippen LogP contribution >= 0.6 is 0 Å². The molecule has 2 fully saturated rings. The molecule has 0 radical (unpaired) electrons. The van der Waals surface area contributed by atoms with Crippen LogP contribution in [0.25, 0.3) is 0 Å². The van der Waals surface area contributed by atoms with Crippen molar-refractivity contribution in [2.45, 2.75) is 32.6 Å². The average Bonchev–Trinajstić information content (AvgIpc) is 3.53. The standard InChI is InChI=1S/C23H26FN3O2/c1-16-10-14-27(15-11-16)20-8-6-19(7-9-20)26-22(29)23(12-13-23)21(28)25-18-4-2-17(24)3-5-18/h2-9,16H,10-15H2,1H3,(H,25,28)(H,26,29). The van der Waals surface area contributed by atoms with Crippen LogP contribution in [0.1, 0.15) is 32.6 Å². The third kappa shape index (κ3) is 4.26. The second-order valence-electron chi connectivity index (χ2n) is 8.21. The summed E-state index contributed by atoms with van der Waals surface area (Å²) in [5.41, 5.74) is 1.28. The predicted molar refractivity (Wildman–Crippen MR) is 112 cm³/mol. The van der Waals surface area contributed by atoms with Crippen LogP contribution in [-0.2, 0) is 9.59 Å². The number of carbonyl (C=O) groups is 2. The number of piperidine rings is 1. The molecule has 29 heavy (non-hydrogen) atoms. The molecule has 0 bridgehead atoms. The lowest BCUT2D eigenvalue weighted by Gasteiger charge is -2.32. The summed E-state index contributed by atoms with van der Waals surface area (Å²) in [4.78, 5) is 27.8. The van der Waals surface area contributed by atoms with Gasteiger partial charge in [0.15, 0.2) is 0 Å². The van der Waals surface area contributed by atoms with Gasteiger partial charge < -0.3 is 15.5 Å². The van der Waals surface area contributed by atoms with Crippen LogP contribution in [-0.4, -0.2) is 24.9 Å². The quantitative estimate of drug-likeness (QED) is 0.737. The number of hydrogen-bond acceptors (Lipinski definition) is 3. The number of halogens is 1. The minimum atomic E-state index is -1.05. The molecule has 0 atom stereocenters. The van der Waals surface area contributed by atoms with Crippen molar-refractivity contribution in [1.82, 2.24) is 0 Å². The summed E-state index contributed by atoms with van der Waals surface area (Å²) in [7, 11) is 0. The summed E-state index contributed by atoms with van der Waals surface area (Å²) in [5.74, 6) is -0.234. The fraction of sp³-hybridized carbons (Fsp3) is 0.391. The van der Waals surface area contributed by atoms with E-state index in [1.807, 2.05) is 24.3 Å². The molecule has 5 nitrogen and oxygen atoms in total. The zero-order valence-electron chi connectivity index (χ0n) is 16.6. The number of nitrogens with one attached hydrogen (secondary N) is 2. The van der Waals surface area contributed by atoms with Gasteiger partial charge in [-0.25, -0.2) is 4.39 Å². The Labute approximate surface area is 170 Å². The van der Waals surface area contributed by atoms with Crippen molar-refractivity contribution in [3.8, 4) is 0 Å². The SMILES string of the molecule is CC1CCN(c2ccc(NC(=O)C3(C(=O)Nc4ccc(F)cc4)CC3)cc2)CC1. The third-order valence-electron chi connectivity index (χ3n) is 6.00. The third-order valence-corrected chi connectivity index (χ3v) is 6.00. The van der Waals surface area contributed by atoms with E-state index in [1.54, 1.807) is 0 Å². The Morgan fingerprint density at radius 1 is 0.897 bits per heavy atom. The number of benzene rings is 2. The fourth-order valence-corrected chi connectivity index (χ4v) is 3.74. The molecule has 6 heteroatoms. The summed E-state index contributed by atoms with van der Waals surface area (Å²) in [5, 5.41) is 5.60. The minimum Gasteiger partial charge on any atom is -0.372 e. The second-order valence-corrected chi connectivity index (χ2v) is 8.21. The van der Waals surface area contributed by atoms with Crippen molar-refractivity contribution >= 4 is 28.9 Å². The van der Waals surface area contributed by atoms with Gasteiger partial charge in [-0.05, 0) is 80.1 Å². The highest BCUT2D eigenvalue weighted by Crippen LogP contribution is 2.47. The van der Waals surface area contributed by atoms with Crippen LogP contribution in [0, 0.1) is 17.2 Å². The molecular formula is C23H26FN3O2. The van der Waals surface area contributed by atoms with Gasteiger partial charge in [0, 0.05) is 30.2 Å². The Morgan fingerprint density at radius 2 is 1.38 bits per heavy atom. The zero-order valence-corrected chi connectivity index (χ0v) is 16.6. The smallest absolute Gasteiger partial charge is 0.240 e. The van der Waals surface area contributed by atoms with E-state index in [2.05, 4.69) is 22.5 Å². The van der Waals surface area contributed by atoms with Crippen molar-refractivity contribution < 1.29 is 14.0 Å². The lowest BCUT2D eigenvalue weighted by molar-refractivity contribution is -0.131. The molecular weight excluding hydrogens is 369 g/mol. The van der Waals surface area contributed by atoms with E-state index >= 15 is 0 Å². The van der Waals surface area contributed by atoms with Crippen LogP contribution in [0.2, 0.25) is 0 Å². The normalized spacial score (nSPS) is 18.2. The Kier molecular flexibility index (Phi) is 5.26. The molecule has 2 aromatic carbocycles. The molecule has 152 valence electrons. The van der Waals surface area contributed by atoms with Crippen LogP contribution in [0.3, 0.4) is 0 Å². The molecule has 1 aliphatic carbocycles. The van der Waals surface area contributed by atoms with Gasteiger partial charge in [0.05, 0.1) is 0 Å². The molecule has 2 aliphatic rings. The molecule has 1 aliphatic heterocycles. The predicted octanol–water partition coefficient (Wildman–Crippen LogP) is 4.42. The average molecular weight is 395 g/mol. The number of carbonyl (C=O) groups excluding carboxylic acids is 2.